The Morgan fingerprint density at radius 3 is 2.83 bits per heavy atom. The van der Waals surface area contributed by atoms with Crippen LogP contribution in [0.1, 0.15) is 30.9 Å². The van der Waals surface area contributed by atoms with Gasteiger partial charge in [-0.1, -0.05) is 35.3 Å². The number of nitrogens with two attached hydrogens (primary N) is 1. The van der Waals surface area contributed by atoms with Crippen molar-refractivity contribution in [2.24, 2.45) is 5.10 Å². The maximum Gasteiger partial charge on any atom is 0.411 e. The highest BCUT2D eigenvalue weighted by atomic mass is 35.5. The number of benzene rings is 2. The van der Waals surface area contributed by atoms with E-state index in [0.717, 1.165) is 49.6 Å². The van der Waals surface area contributed by atoms with Crippen LogP contribution in [0.4, 0.5) is 10.5 Å². The molecule has 2 amide bonds. The van der Waals surface area contributed by atoms with Crippen LogP contribution in [-0.4, -0.2) is 62.2 Å². The molecular weight excluding hydrogens is 491 g/mol. The van der Waals surface area contributed by atoms with Gasteiger partial charge in [0, 0.05) is 40.7 Å². The second kappa shape index (κ2) is 14.0. The lowest BCUT2D eigenvalue weighted by Crippen LogP contribution is -2.85. The monoisotopic (exact) mass is 521 g/mol. The third-order valence-electron chi connectivity index (χ3n) is 5.31. The molecule has 0 saturated carbocycles. The van der Waals surface area contributed by atoms with Gasteiger partial charge in [0.05, 0.1) is 45.0 Å². The van der Waals surface area contributed by atoms with E-state index in [1.807, 2.05) is 13.0 Å². The second-order valence-electron chi connectivity index (χ2n) is 7.99. The van der Waals surface area contributed by atoms with Crippen molar-refractivity contribution >= 4 is 46.6 Å². The maximum absolute atomic E-state index is 12.8. The van der Waals surface area contributed by atoms with Crippen LogP contribution in [0.5, 0.6) is 0 Å². The minimum Gasteiger partial charge on any atom is -0.449 e. The predicted molar refractivity (Wildman–Crippen MR) is 137 cm³/mol. The van der Waals surface area contributed by atoms with E-state index in [0.29, 0.717) is 35.3 Å². The Hall–Kier alpha value is -2.65. The highest BCUT2D eigenvalue weighted by Crippen LogP contribution is 2.25. The number of halogens is 2. The number of hydrazone groups is 1. The van der Waals surface area contributed by atoms with Gasteiger partial charge >= 0.3 is 6.09 Å². The summed E-state index contributed by atoms with van der Waals surface area (Å²) in [6.07, 6.45) is 0.994. The summed E-state index contributed by atoms with van der Waals surface area (Å²) in [6, 6.07) is 12.3. The summed E-state index contributed by atoms with van der Waals surface area (Å²) >= 11 is 12.3. The largest absolute Gasteiger partial charge is 0.449 e. The zero-order chi connectivity index (χ0) is 25.0. The van der Waals surface area contributed by atoms with Crippen molar-refractivity contribution < 1.29 is 24.4 Å². The van der Waals surface area contributed by atoms with Crippen molar-refractivity contribution in [1.29, 1.82) is 0 Å². The van der Waals surface area contributed by atoms with Crippen LogP contribution in [-0.2, 0) is 20.7 Å². The van der Waals surface area contributed by atoms with Crippen LogP contribution in [0.15, 0.2) is 47.6 Å². The summed E-state index contributed by atoms with van der Waals surface area (Å²) in [7, 11) is 0. The summed E-state index contributed by atoms with van der Waals surface area (Å²) in [4.78, 5) is 24.9. The number of quaternary nitrogens is 1. The fourth-order valence-corrected chi connectivity index (χ4v) is 3.97. The quantitative estimate of drug-likeness (QED) is 0.416. The molecule has 0 bridgehead atoms. The smallest absolute Gasteiger partial charge is 0.411 e. The molecule has 1 aliphatic heterocycles. The first-order valence-electron chi connectivity index (χ1n) is 11.7. The van der Waals surface area contributed by atoms with E-state index in [4.69, 9.17) is 32.7 Å². The van der Waals surface area contributed by atoms with Crippen molar-refractivity contribution in [3.05, 3.63) is 63.6 Å². The van der Waals surface area contributed by atoms with Gasteiger partial charge in [-0.3, -0.25) is 10.1 Å². The molecule has 0 atom stereocenters. The molecule has 0 aromatic heterocycles. The Labute approximate surface area is 215 Å². The molecule has 2 aromatic rings. The Bertz CT molecular complexity index is 1050. The van der Waals surface area contributed by atoms with E-state index in [-0.39, 0.29) is 12.3 Å². The Kier molecular flexibility index (Phi) is 10.8. The number of nitrogens with one attached hydrogen (secondary N) is 1. The van der Waals surface area contributed by atoms with E-state index in [1.54, 1.807) is 36.4 Å². The minimum absolute atomic E-state index is 0.140. The van der Waals surface area contributed by atoms with Gasteiger partial charge in [-0.15, -0.1) is 0 Å². The number of anilines is 1. The molecule has 1 aliphatic rings. The fraction of sp³-hybridized carbons (Fsp3) is 0.400. The first-order valence-corrected chi connectivity index (χ1v) is 12.5. The van der Waals surface area contributed by atoms with Crippen LogP contribution in [0.3, 0.4) is 0 Å². The van der Waals surface area contributed by atoms with Crippen LogP contribution >= 0.6 is 23.2 Å². The standard InChI is InChI=1S/C25H30Cl2N4O4/c1-2-34-14-11-28-10-4-13-35-25(33)29-20-6-3-5-18(15-20)16-24(32)31-12-9-23(30-31)21-17-19(26)7-8-22(21)27/h3,5-8,15,17,28H,2,4,9-14,16H2,1H3,(H,29,33)/p+1. The average Bonchev–Trinajstić information content (AvgIpc) is 3.33. The molecule has 35 heavy (non-hydrogen) atoms. The zero-order valence-corrected chi connectivity index (χ0v) is 21.3. The summed E-state index contributed by atoms with van der Waals surface area (Å²) in [6.45, 7) is 5.98. The fourth-order valence-electron chi connectivity index (χ4n) is 3.57. The zero-order valence-electron chi connectivity index (χ0n) is 19.8. The van der Waals surface area contributed by atoms with E-state index < -0.39 is 6.09 Å². The summed E-state index contributed by atoms with van der Waals surface area (Å²) in [5, 5.41) is 11.9. The third kappa shape index (κ3) is 8.81. The van der Waals surface area contributed by atoms with Gasteiger partial charge in [0.2, 0.25) is 5.91 Å². The first-order chi connectivity index (χ1) is 17.0. The molecule has 0 saturated heterocycles. The summed E-state index contributed by atoms with van der Waals surface area (Å²) in [5.41, 5.74) is 2.81. The molecule has 10 heteroatoms. The Morgan fingerprint density at radius 2 is 2.00 bits per heavy atom. The van der Waals surface area contributed by atoms with Gasteiger partial charge in [-0.2, -0.15) is 5.10 Å². The lowest BCUT2D eigenvalue weighted by Gasteiger charge is -2.12. The molecule has 3 N–H and O–H groups in total. The SMILES string of the molecule is CCOCC[NH2+]CCCOC(=O)Nc1cccc(CC(=O)N2CCC(c3cc(Cl)ccc3Cl)=N2)c1. The van der Waals surface area contributed by atoms with Gasteiger partial charge in [0.25, 0.3) is 0 Å². The van der Waals surface area contributed by atoms with Crippen LogP contribution < -0.4 is 10.6 Å². The second-order valence-corrected chi connectivity index (χ2v) is 8.84. The highest BCUT2D eigenvalue weighted by Gasteiger charge is 2.23. The van der Waals surface area contributed by atoms with Crippen molar-refractivity contribution in [2.75, 3.05) is 44.8 Å². The molecule has 8 nitrogen and oxygen atoms in total. The molecule has 0 fully saturated rings. The normalized spacial score (nSPS) is 13.0. The topological polar surface area (TPSA) is 96.8 Å². The highest BCUT2D eigenvalue weighted by molar-refractivity contribution is 6.36. The van der Waals surface area contributed by atoms with Gasteiger partial charge in [-0.05, 0) is 42.8 Å². The van der Waals surface area contributed by atoms with Gasteiger partial charge in [0.15, 0.2) is 0 Å². The number of hydrogen-bond acceptors (Lipinski definition) is 5. The predicted octanol–water partition coefficient (Wildman–Crippen LogP) is 3.71. The lowest BCUT2D eigenvalue weighted by molar-refractivity contribution is -0.656. The van der Waals surface area contributed by atoms with Crippen LogP contribution in [0, 0.1) is 0 Å². The molecule has 188 valence electrons. The van der Waals surface area contributed by atoms with Crippen LogP contribution in [0.2, 0.25) is 10.0 Å². The van der Waals surface area contributed by atoms with Gasteiger partial charge in [0.1, 0.15) is 0 Å². The van der Waals surface area contributed by atoms with Crippen molar-refractivity contribution in [1.82, 2.24) is 5.01 Å². The number of amides is 2. The van der Waals surface area contributed by atoms with E-state index >= 15 is 0 Å². The summed E-state index contributed by atoms with van der Waals surface area (Å²) < 4.78 is 10.5. The number of rotatable bonds is 12. The molecule has 1 heterocycles. The summed E-state index contributed by atoms with van der Waals surface area (Å²) in [5.74, 6) is -0.140. The molecule has 0 radical (unpaired) electrons. The Morgan fingerprint density at radius 1 is 1.14 bits per heavy atom. The maximum atomic E-state index is 12.8. The number of carbonyl (C=O) groups is 2. The van der Waals surface area contributed by atoms with Crippen molar-refractivity contribution in [3.8, 4) is 0 Å². The Balaban J connectivity index is 1.45. The lowest BCUT2D eigenvalue weighted by atomic mass is 10.1. The molecule has 3 rings (SSSR count). The molecule has 0 aliphatic carbocycles. The van der Waals surface area contributed by atoms with E-state index in [2.05, 4.69) is 15.7 Å². The minimum atomic E-state index is -0.519. The number of ether oxygens (including phenoxy) is 2. The number of nitrogens with zero attached hydrogens (tertiary/aromatic N) is 2. The van der Waals surface area contributed by atoms with Gasteiger partial charge in [-0.25, -0.2) is 9.80 Å². The first kappa shape index (κ1) is 26.9. The molecule has 0 unspecified atom stereocenters. The number of carbonyl (C=O) groups excluding carboxylic acids is 2. The number of hydrogen-bond donors (Lipinski definition) is 2. The average molecular weight is 522 g/mol. The van der Waals surface area contributed by atoms with E-state index in [9.17, 15) is 9.59 Å². The molecule has 0 spiro atoms. The van der Waals surface area contributed by atoms with Crippen LogP contribution in [0.25, 0.3) is 0 Å². The molecule has 2 aromatic carbocycles. The molecular formula is C25H31Cl2N4O4+. The van der Waals surface area contributed by atoms with E-state index in [1.165, 1.54) is 5.01 Å². The van der Waals surface area contributed by atoms with Gasteiger partial charge < -0.3 is 14.8 Å². The van der Waals surface area contributed by atoms with Crippen molar-refractivity contribution in [3.63, 3.8) is 0 Å². The van der Waals surface area contributed by atoms with Crippen molar-refractivity contribution in [2.45, 2.75) is 26.2 Å². The third-order valence-corrected chi connectivity index (χ3v) is 5.88.